The van der Waals surface area contributed by atoms with Crippen LogP contribution in [0.3, 0.4) is 0 Å². The highest BCUT2D eigenvalue weighted by Gasteiger charge is 2.16. The second kappa shape index (κ2) is 3.64. The van der Waals surface area contributed by atoms with Crippen molar-refractivity contribution >= 4 is 11.0 Å². The van der Waals surface area contributed by atoms with Gasteiger partial charge in [0.05, 0.1) is 37.4 Å². The smallest absolute Gasteiger partial charge is 0.152 e. The Morgan fingerprint density at radius 2 is 2.47 bits per heavy atom. The lowest BCUT2D eigenvalue weighted by Gasteiger charge is -2.23. The van der Waals surface area contributed by atoms with Crippen molar-refractivity contribution in [3.05, 3.63) is 30.3 Å². The van der Waals surface area contributed by atoms with Crippen LogP contribution in [0.1, 0.15) is 11.7 Å². The summed E-state index contributed by atoms with van der Waals surface area (Å²) in [7, 11) is 0. The largest absolute Gasteiger partial charge is 0.463 e. The van der Waals surface area contributed by atoms with Gasteiger partial charge in [0.25, 0.3) is 0 Å². The number of rotatable bonds is 1. The van der Waals surface area contributed by atoms with Crippen molar-refractivity contribution in [2.24, 2.45) is 0 Å². The zero-order valence-corrected chi connectivity index (χ0v) is 8.27. The van der Waals surface area contributed by atoms with Crippen LogP contribution >= 0.6 is 0 Å². The molecule has 1 saturated heterocycles. The molecule has 0 aromatic carbocycles. The normalized spacial score (nSPS) is 22.0. The molecule has 0 amide bonds. The maximum Gasteiger partial charge on any atom is 0.152 e. The highest BCUT2D eigenvalue weighted by atomic mass is 16.5. The Kier molecular flexibility index (Phi) is 2.16. The molecule has 0 saturated carbocycles. The molecular weight excluding hydrogens is 192 g/mol. The van der Waals surface area contributed by atoms with E-state index < -0.39 is 0 Å². The molecule has 2 aromatic rings. The van der Waals surface area contributed by atoms with E-state index in [-0.39, 0.29) is 6.04 Å². The van der Waals surface area contributed by atoms with Gasteiger partial charge in [-0.1, -0.05) is 0 Å². The van der Waals surface area contributed by atoms with E-state index >= 15 is 0 Å². The Morgan fingerprint density at radius 1 is 1.47 bits per heavy atom. The molecule has 15 heavy (non-hydrogen) atoms. The lowest BCUT2D eigenvalue weighted by Crippen LogP contribution is -2.35. The van der Waals surface area contributed by atoms with E-state index in [0.717, 1.165) is 29.8 Å². The fourth-order valence-corrected chi connectivity index (χ4v) is 1.83. The Balaban J connectivity index is 1.95. The topological polar surface area (TPSA) is 47.3 Å². The van der Waals surface area contributed by atoms with Gasteiger partial charge in [-0.15, -0.1) is 0 Å². The SMILES string of the molecule is c1cc2cc(C3COCCN3)ncc2o1. The molecule has 3 heterocycles. The molecule has 3 rings (SSSR count). The fraction of sp³-hybridized carbons (Fsp3) is 0.364. The molecule has 2 aromatic heterocycles. The maximum atomic E-state index is 5.40. The second-order valence-corrected chi connectivity index (χ2v) is 3.65. The molecular formula is C11H12N2O2. The highest BCUT2D eigenvalue weighted by Crippen LogP contribution is 2.19. The molecule has 1 aliphatic heterocycles. The van der Waals surface area contributed by atoms with Crippen LogP contribution in [-0.2, 0) is 4.74 Å². The third-order valence-electron chi connectivity index (χ3n) is 2.64. The van der Waals surface area contributed by atoms with Crippen LogP contribution in [-0.4, -0.2) is 24.7 Å². The number of nitrogens with one attached hydrogen (secondary N) is 1. The highest BCUT2D eigenvalue weighted by molar-refractivity contribution is 5.76. The van der Waals surface area contributed by atoms with Crippen molar-refractivity contribution in [2.45, 2.75) is 6.04 Å². The number of pyridine rings is 1. The quantitative estimate of drug-likeness (QED) is 0.764. The van der Waals surface area contributed by atoms with Gasteiger partial charge in [-0.05, 0) is 12.1 Å². The summed E-state index contributed by atoms with van der Waals surface area (Å²) < 4.78 is 10.7. The summed E-state index contributed by atoms with van der Waals surface area (Å²) in [6.45, 7) is 2.36. The zero-order chi connectivity index (χ0) is 10.1. The van der Waals surface area contributed by atoms with Gasteiger partial charge in [0.2, 0.25) is 0 Å². The lowest BCUT2D eigenvalue weighted by atomic mass is 10.1. The van der Waals surface area contributed by atoms with Gasteiger partial charge in [0, 0.05) is 11.9 Å². The summed E-state index contributed by atoms with van der Waals surface area (Å²) in [5.74, 6) is 0. The average Bonchev–Trinajstić information content (AvgIpc) is 2.77. The molecule has 0 aliphatic carbocycles. The van der Waals surface area contributed by atoms with Crippen molar-refractivity contribution < 1.29 is 9.15 Å². The number of ether oxygens (including phenoxy) is 1. The van der Waals surface area contributed by atoms with Crippen molar-refractivity contribution in [1.82, 2.24) is 10.3 Å². The molecule has 1 fully saturated rings. The third kappa shape index (κ3) is 1.62. The van der Waals surface area contributed by atoms with Crippen LogP contribution in [0.25, 0.3) is 11.0 Å². The van der Waals surface area contributed by atoms with Crippen molar-refractivity contribution in [3.8, 4) is 0 Å². The van der Waals surface area contributed by atoms with Gasteiger partial charge in [0.1, 0.15) is 0 Å². The average molecular weight is 204 g/mol. The molecule has 0 spiro atoms. The molecule has 1 aliphatic rings. The number of hydrogen-bond acceptors (Lipinski definition) is 4. The first-order chi connectivity index (χ1) is 7.43. The summed E-state index contributed by atoms with van der Waals surface area (Å²) in [4.78, 5) is 4.37. The number of aromatic nitrogens is 1. The van der Waals surface area contributed by atoms with Gasteiger partial charge in [-0.3, -0.25) is 4.98 Å². The minimum absolute atomic E-state index is 0.207. The summed E-state index contributed by atoms with van der Waals surface area (Å²) in [6, 6.07) is 4.20. The lowest BCUT2D eigenvalue weighted by molar-refractivity contribution is 0.0756. The zero-order valence-electron chi connectivity index (χ0n) is 8.27. The number of morpholine rings is 1. The van der Waals surface area contributed by atoms with Crippen LogP contribution in [0, 0.1) is 0 Å². The number of nitrogens with zero attached hydrogens (tertiary/aromatic N) is 1. The predicted octanol–water partition coefficient (Wildman–Crippen LogP) is 1.49. The van der Waals surface area contributed by atoms with E-state index in [1.165, 1.54) is 0 Å². The fourth-order valence-electron chi connectivity index (χ4n) is 1.83. The maximum absolute atomic E-state index is 5.40. The summed E-state index contributed by atoms with van der Waals surface area (Å²) in [6.07, 6.45) is 3.45. The summed E-state index contributed by atoms with van der Waals surface area (Å²) in [5.41, 5.74) is 1.85. The van der Waals surface area contributed by atoms with E-state index in [9.17, 15) is 0 Å². The Labute approximate surface area is 87.2 Å². The molecule has 0 bridgehead atoms. The van der Waals surface area contributed by atoms with Gasteiger partial charge in [0.15, 0.2) is 5.58 Å². The van der Waals surface area contributed by atoms with Gasteiger partial charge >= 0.3 is 0 Å². The van der Waals surface area contributed by atoms with Crippen LogP contribution in [0.5, 0.6) is 0 Å². The van der Waals surface area contributed by atoms with E-state index in [4.69, 9.17) is 9.15 Å². The second-order valence-electron chi connectivity index (χ2n) is 3.65. The van der Waals surface area contributed by atoms with Crippen LogP contribution < -0.4 is 5.32 Å². The molecule has 1 atom stereocenters. The van der Waals surface area contributed by atoms with Crippen molar-refractivity contribution in [3.63, 3.8) is 0 Å². The molecule has 4 heteroatoms. The molecule has 1 unspecified atom stereocenters. The Bertz CT molecular complexity index is 460. The summed E-state index contributed by atoms with van der Waals surface area (Å²) >= 11 is 0. The predicted molar refractivity (Wildman–Crippen MR) is 55.6 cm³/mol. The van der Waals surface area contributed by atoms with E-state index in [2.05, 4.69) is 10.3 Å². The van der Waals surface area contributed by atoms with Gasteiger partial charge in [-0.2, -0.15) is 0 Å². The van der Waals surface area contributed by atoms with Gasteiger partial charge in [-0.25, -0.2) is 0 Å². The van der Waals surface area contributed by atoms with Crippen LogP contribution in [0.4, 0.5) is 0 Å². The Hall–Kier alpha value is -1.39. The minimum Gasteiger partial charge on any atom is -0.463 e. The van der Waals surface area contributed by atoms with Crippen molar-refractivity contribution in [2.75, 3.05) is 19.8 Å². The molecule has 78 valence electrons. The number of hydrogen-bond donors (Lipinski definition) is 1. The molecule has 1 N–H and O–H groups in total. The van der Waals surface area contributed by atoms with Crippen molar-refractivity contribution in [1.29, 1.82) is 0 Å². The van der Waals surface area contributed by atoms with Crippen LogP contribution in [0.2, 0.25) is 0 Å². The van der Waals surface area contributed by atoms with Crippen LogP contribution in [0.15, 0.2) is 29.0 Å². The Morgan fingerprint density at radius 3 is 3.33 bits per heavy atom. The standard InChI is InChI=1S/C11H12N2O2/c1-3-15-11-6-13-9(5-8(1)11)10-7-14-4-2-12-10/h1,3,5-6,10,12H,2,4,7H2. The molecule has 0 radical (unpaired) electrons. The monoisotopic (exact) mass is 204 g/mol. The van der Waals surface area contributed by atoms with Gasteiger partial charge < -0.3 is 14.5 Å². The minimum atomic E-state index is 0.207. The van der Waals surface area contributed by atoms with E-state index in [1.807, 2.05) is 12.1 Å². The van der Waals surface area contributed by atoms with E-state index in [1.54, 1.807) is 12.5 Å². The first kappa shape index (κ1) is 8.88. The number of fused-ring (bicyclic) bond motifs is 1. The summed E-state index contributed by atoms with van der Waals surface area (Å²) in [5, 5.41) is 4.46. The molecule has 4 nitrogen and oxygen atoms in total. The first-order valence-electron chi connectivity index (χ1n) is 5.08. The van der Waals surface area contributed by atoms with E-state index in [0.29, 0.717) is 6.61 Å². The third-order valence-corrected chi connectivity index (χ3v) is 2.64. The first-order valence-corrected chi connectivity index (χ1v) is 5.08. The number of furan rings is 1.